The molecule has 66 valence electrons. The minimum Gasteiger partial charge on any atom is -0.466 e. The van der Waals surface area contributed by atoms with E-state index in [0.717, 1.165) is 0 Å². The van der Waals surface area contributed by atoms with Gasteiger partial charge in [-0.2, -0.15) is 0 Å². The minimum atomic E-state index is -1.61. The normalized spacial score (nSPS) is 28.1. The zero-order chi connectivity index (χ0) is 9.19. The molecule has 0 N–H and O–H groups in total. The predicted octanol–water partition coefficient (Wildman–Crippen LogP) is 2.11. The summed E-state index contributed by atoms with van der Waals surface area (Å²) in [5, 5.41) is 0. The summed E-state index contributed by atoms with van der Waals surface area (Å²) in [6, 6.07) is 0. The van der Waals surface area contributed by atoms with Gasteiger partial charge >= 0.3 is 5.97 Å². The second-order valence-electron chi connectivity index (χ2n) is 2.48. The number of halogens is 2. The van der Waals surface area contributed by atoms with Crippen molar-refractivity contribution in [2.24, 2.45) is 0 Å². The molecule has 0 saturated heterocycles. The number of methoxy groups -OCH3 is 1. The van der Waals surface area contributed by atoms with Crippen LogP contribution >= 0.6 is 15.9 Å². The maximum absolute atomic E-state index is 13.2. The van der Waals surface area contributed by atoms with Crippen LogP contribution < -0.4 is 0 Å². The van der Waals surface area contributed by atoms with E-state index in [1.165, 1.54) is 19.3 Å². The third-order valence-corrected chi connectivity index (χ3v) is 2.06. The van der Waals surface area contributed by atoms with Crippen LogP contribution in [-0.4, -0.2) is 17.7 Å². The summed E-state index contributed by atoms with van der Waals surface area (Å²) in [6.07, 6.45) is 4.39. The molecule has 12 heavy (non-hydrogen) atoms. The molecule has 0 aromatic heterocycles. The lowest BCUT2D eigenvalue weighted by Crippen LogP contribution is -2.18. The third kappa shape index (κ3) is 2.17. The third-order valence-electron chi connectivity index (χ3n) is 1.51. The van der Waals surface area contributed by atoms with Crippen molar-refractivity contribution >= 4 is 21.9 Å². The first-order valence-electron chi connectivity index (χ1n) is 3.40. The van der Waals surface area contributed by atoms with Gasteiger partial charge in [-0.15, -0.1) is 0 Å². The number of alkyl halides is 2. The Kier molecular flexibility index (Phi) is 2.67. The van der Waals surface area contributed by atoms with Crippen LogP contribution in [0.3, 0.4) is 0 Å². The standard InChI is InChI=1S/C8H8BrFO2/c1-12-7(11)6-3-2-4-8(9,10)5-6/h2-4H,5H2,1H3. The number of hydrogen-bond acceptors (Lipinski definition) is 2. The molecule has 0 aromatic rings. The molecule has 2 nitrogen and oxygen atoms in total. The van der Waals surface area contributed by atoms with Crippen LogP contribution in [-0.2, 0) is 9.53 Å². The molecule has 1 aliphatic rings. The number of allylic oxidation sites excluding steroid dienone is 3. The van der Waals surface area contributed by atoms with Crippen LogP contribution in [0.2, 0.25) is 0 Å². The summed E-state index contributed by atoms with van der Waals surface area (Å²) >= 11 is 2.83. The fourth-order valence-corrected chi connectivity index (χ4v) is 1.40. The predicted molar refractivity (Wildman–Crippen MR) is 46.6 cm³/mol. The van der Waals surface area contributed by atoms with Gasteiger partial charge in [0, 0.05) is 12.0 Å². The molecule has 0 radical (unpaired) electrons. The van der Waals surface area contributed by atoms with E-state index in [1.54, 1.807) is 6.08 Å². The van der Waals surface area contributed by atoms with E-state index in [0.29, 0.717) is 5.57 Å². The monoisotopic (exact) mass is 234 g/mol. The smallest absolute Gasteiger partial charge is 0.333 e. The molecule has 0 amide bonds. The topological polar surface area (TPSA) is 26.3 Å². The molecule has 0 fully saturated rings. The Morgan fingerprint density at radius 1 is 1.83 bits per heavy atom. The lowest BCUT2D eigenvalue weighted by atomic mass is 10.0. The molecule has 0 aliphatic heterocycles. The molecular weight excluding hydrogens is 227 g/mol. The van der Waals surface area contributed by atoms with Gasteiger partial charge in [-0.25, -0.2) is 9.18 Å². The lowest BCUT2D eigenvalue weighted by Gasteiger charge is -2.17. The van der Waals surface area contributed by atoms with Crippen LogP contribution in [0.25, 0.3) is 0 Å². The van der Waals surface area contributed by atoms with E-state index in [1.807, 2.05) is 0 Å². The molecule has 0 aromatic carbocycles. The van der Waals surface area contributed by atoms with Gasteiger partial charge < -0.3 is 4.74 Å². The van der Waals surface area contributed by atoms with Crippen molar-refractivity contribution in [2.45, 2.75) is 11.0 Å². The molecule has 0 saturated carbocycles. The van der Waals surface area contributed by atoms with Gasteiger partial charge in [-0.05, 0) is 22.0 Å². The first-order chi connectivity index (χ1) is 5.55. The van der Waals surface area contributed by atoms with Crippen LogP contribution in [0, 0.1) is 0 Å². The number of rotatable bonds is 1. The summed E-state index contributed by atoms with van der Waals surface area (Å²) in [5.41, 5.74) is 0.333. The first-order valence-corrected chi connectivity index (χ1v) is 4.19. The van der Waals surface area contributed by atoms with Crippen molar-refractivity contribution < 1.29 is 13.9 Å². The first kappa shape index (κ1) is 9.45. The Hall–Kier alpha value is -0.640. The summed E-state index contributed by atoms with van der Waals surface area (Å²) in [7, 11) is 1.27. The van der Waals surface area contributed by atoms with E-state index < -0.39 is 10.5 Å². The van der Waals surface area contributed by atoms with E-state index in [9.17, 15) is 9.18 Å². The average Bonchev–Trinajstić information content (AvgIpc) is 2.01. The highest BCUT2D eigenvalue weighted by atomic mass is 79.9. The number of esters is 1. The summed E-state index contributed by atoms with van der Waals surface area (Å²) in [6.45, 7) is 0. The Balaban J connectivity index is 2.76. The molecule has 1 rings (SSSR count). The van der Waals surface area contributed by atoms with Crippen molar-refractivity contribution in [2.75, 3.05) is 7.11 Å². The highest BCUT2D eigenvalue weighted by Gasteiger charge is 2.28. The van der Waals surface area contributed by atoms with Crippen LogP contribution in [0.4, 0.5) is 4.39 Å². The van der Waals surface area contributed by atoms with Gasteiger partial charge in [-0.3, -0.25) is 0 Å². The van der Waals surface area contributed by atoms with Crippen molar-refractivity contribution in [3.05, 3.63) is 23.8 Å². The van der Waals surface area contributed by atoms with E-state index in [4.69, 9.17) is 0 Å². The van der Waals surface area contributed by atoms with Crippen molar-refractivity contribution in [3.8, 4) is 0 Å². The summed E-state index contributed by atoms with van der Waals surface area (Å²) in [5.74, 6) is -0.485. The number of carbonyl (C=O) groups excluding carboxylic acids is 1. The van der Waals surface area contributed by atoms with E-state index in [2.05, 4.69) is 20.7 Å². The fourth-order valence-electron chi connectivity index (χ4n) is 0.948. The van der Waals surface area contributed by atoms with Gasteiger partial charge in [-0.1, -0.05) is 12.2 Å². The van der Waals surface area contributed by atoms with Gasteiger partial charge in [0.15, 0.2) is 4.58 Å². The zero-order valence-electron chi connectivity index (χ0n) is 6.51. The van der Waals surface area contributed by atoms with Gasteiger partial charge in [0.25, 0.3) is 0 Å². The molecule has 4 heteroatoms. The summed E-state index contributed by atoms with van der Waals surface area (Å²) in [4.78, 5) is 10.9. The highest BCUT2D eigenvalue weighted by Crippen LogP contribution is 2.32. The Morgan fingerprint density at radius 3 is 3.00 bits per heavy atom. The molecule has 0 bridgehead atoms. The molecule has 0 heterocycles. The fraction of sp³-hybridized carbons (Fsp3) is 0.375. The van der Waals surface area contributed by atoms with E-state index in [-0.39, 0.29) is 6.42 Å². The van der Waals surface area contributed by atoms with Crippen LogP contribution in [0.1, 0.15) is 6.42 Å². The van der Waals surface area contributed by atoms with Crippen LogP contribution in [0.15, 0.2) is 23.8 Å². The van der Waals surface area contributed by atoms with E-state index >= 15 is 0 Å². The Labute approximate surface area is 78.2 Å². The molecule has 1 atom stereocenters. The summed E-state index contributed by atoms with van der Waals surface area (Å²) < 4.78 is 16.0. The average molecular weight is 235 g/mol. The van der Waals surface area contributed by atoms with Crippen LogP contribution in [0.5, 0.6) is 0 Å². The second kappa shape index (κ2) is 3.39. The highest BCUT2D eigenvalue weighted by molar-refractivity contribution is 9.10. The Morgan fingerprint density at radius 2 is 2.50 bits per heavy atom. The largest absolute Gasteiger partial charge is 0.466 e. The minimum absolute atomic E-state index is 0.0101. The molecular formula is C8H8BrFO2. The second-order valence-corrected chi connectivity index (χ2v) is 3.80. The number of carbonyl (C=O) groups is 1. The van der Waals surface area contributed by atoms with Crippen molar-refractivity contribution in [3.63, 3.8) is 0 Å². The lowest BCUT2D eigenvalue weighted by molar-refractivity contribution is -0.136. The number of hydrogen-bond donors (Lipinski definition) is 0. The molecule has 0 spiro atoms. The maximum atomic E-state index is 13.2. The van der Waals surface area contributed by atoms with Gasteiger partial charge in [0.05, 0.1) is 7.11 Å². The maximum Gasteiger partial charge on any atom is 0.333 e. The van der Waals surface area contributed by atoms with Crippen molar-refractivity contribution in [1.82, 2.24) is 0 Å². The van der Waals surface area contributed by atoms with Gasteiger partial charge in [0.2, 0.25) is 0 Å². The zero-order valence-corrected chi connectivity index (χ0v) is 8.10. The van der Waals surface area contributed by atoms with Gasteiger partial charge in [0.1, 0.15) is 0 Å². The Bertz CT molecular complexity index is 256. The quantitative estimate of drug-likeness (QED) is 0.514. The van der Waals surface area contributed by atoms with Crippen molar-refractivity contribution in [1.29, 1.82) is 0 Å². The number of ether oxygens (including phenoxy) is 1. The molecule has 1 unspecified atom stereocenters. The SMILES string of the molecule is COC(=O)C1=CC=CC(F)(Br)C1. The molecule has 1 aliphatic carbocycles.